The summed E-state index contributed by atoms with van der Waals surface area (Å²) in [5.74, 6) is 0.164. The van der Waals surface area contributed by atoms with E-state index in [-0.39, 0.29) is 18.4 Å². The van der Waals surface area contributed by atoms with Crippen molar-refractivity contribution in [1.29, 1.82) is 0 Å². The Kier molecular flexibility index (Phi) is 3.18. The first kappa shape index (κ1) is 13.4. The lowest BCUT2D eigenvalue weighted by Gasteiger charge is -2.15. The monoisotopic (exact) mass is 294 g/mol. The summed E-state index contributed by atoms with van der Waals surface area (Å²) in [6.45, 7) is 3.33. The second-order valence-electron chi connectivity index (χ2n) is 5.32. The number of anilines is 1. The highest BCUT2D eigenvalue weighted by atomic mass is 32.1. The molecule has 3 N–H and O–H groups in total. The van der Waals surface area contributed by atoms with Crippen LogP contribution in [0.15, 0.2) is 0 Å². The number of hydrogen-bond donors (Lipinski definition) is 2. The third-order valence-electron chi connectivity index (χ3n) is 3.91. The molecule has 1 atom stereocenters. The van der Waals surface area contributed by atoms with Crippen molar-refractivity contribution < 1.29 is 9.90 Å². The van der Waals surface area contributed by atoms with Gasteiger partial charge in [0, 0.05) is 32.7 Å². The molecule has 0 spiro atoms. The minimum absolute atomic E-state index is 0.0287. The number of carbonyl (C=O) groups excluding carboxylic acids is 1. The second kappa shape index (κ2) is 4.75. The van der Waals surface area contributed by atoms with E-state index < -0.39 is 0 Å². The lowest BCUT2D eigenvalue weighted by molar-refractivity contribution is 0.0787. The molecule has 20 heavy (non-hydrogen) atoms. The molecule has 0 saturated carbocycles. The van der Waals surface area contributed by atoms with Gasteiger partial charge < -0.3 is 15.7 Å². The van der Waals surface area contributed by atoms with Gasteiger partial charge in [-0.15, -0.1) is 11.3 Å². The van der Waals surface area contributed by atoms with E-state index >= 15 is 0 Å². The van der Waals surface area contributed by atoms with Crippen molar-refractivity contribution in [3.05, 3.63) is 10.6 Å². The second-order valence-corrected chi connectivity index (χ2v) is 6.32. The van der Waals surface area contributed by atoms with Crippen molar-refractivity contribution in [2.45, 2.75) is 13.3 Å². The molecule has 2 aromatic rings. The van der Waals surface area contributed by atoms with Crippen LogP contribution in [0.2, 0.25) is 0 Å². The van der Waals surface area contributed by atoms with E-state index in [1.807, 2.05) is 14.0 Å². The zero-order valence-electron chi connectivity index (χ0n) is 11.6. The van der Waals surface area contributed by atoms with Crippen LogP contribution in [0.1, 0.15) is 21.8 Å². The number of carbonyl (C=O) groups is 1. The van der Waals surface area contributed by atoms with Crippen molar-refractivity contribution in [3.63, 3.8) is 0 Å². The summed E-state index contributed by atoms with van der Waals surface area (Å²) >= 11 is 1.40. The Labute approximate surface area is 120 Å². The minimum atomic E-state index is -0.0287. The van der Waals surface area contributed by atoms with Crippen LogP contribution in [0.4, 0.5) is 5.69 Å². The molecule has 1 fully saturated rings. The van der Waals surface area contributed by atoms with Crippen molar-refractivity contribution in [3.8, 4) is 0 Å². The molecule has 1 unspecified atom stereocenters. The molecular formula is C13H18N4O2S. The Morgan fingerprint density at radius 1 is 1.60 bits per heavy atom. The molecule has 108 valence electrons. The van der Waals surface area contributed by atoms with Gasteiger partial charge in [0.05, 0.1) is 16.8 Å². The first-order valence-corrected chi connectivity index (χ1v) is 7.46. The number of amides is 1. The highest BCUT2D eigenvalue weighted by molar-refractivity contribution is 7.21. The van der Waals surface area contributed by atoms with Gasteiger partial charge in [0.15, 0.2) is 0 Å². The highest BCUT2D eigenvalue weighted by Crippen LogP contribution is 2.36. The lowest BCUT2D eigenvalue weighted by atomic mass is 10.1. The number of likely N-dealkylation sites (tertiary alicyclic amines) is 1. The maximum Gasteiger partial charge on any atom is 0.266 e. The Morgan fingerprint density at radius 3 is 2.95 bits per heavy atom. The number of nitrogen functional groups attached to an aromatic ring is 1. The lowest BCUT2D eigenvalue weighted by Crippen LogP contribution is -2.29. The van der Waals surface area contributed by atoms with Crippen LogP contribution in [0.25, 0.3) is 10.2 Å². The molecule has 6 nitrogen and oxygen atoms in total. The summed E-state index contributed by atoms with van der Waals surface area (Å²) in [4.78, 5) is 15.9. The van der Waals surface area contributed by atoms with Crippen molar-refractivity contribution in [1.82, 2.24) is 14.7 Å². The van der Waals surface area contributed by atoms with E-state index in [9.17, 15) is 9.90 Å². The van der Waals surface area contributed by atoms with Crippen LogP contribution in [-0.4, -0.2) is 45.4 Å². The molecule has 0 bridgehead atoms. The van der Waals surface area contributed by atoms with Gasteiger partial charge in [-0.1, -0.05) is 0 Å². The molecule has 7 heteroatoms. The number of aliphatic hydroxyl groups excluding tert-OH is 1. The quantitative estimate of drug-likeness (QED) is 0.864. The third kappa shape index (κ3) is 1.89. The van der Waals surface area contributed by atoms with Gasteiger partial charge >= 0.3 is 0 Å². The smallest absolute Gasteiger partial charge is 0.266 e. The fourth-order valence-electron chi connectivity index (χ4n) is 2.80. The summed E-state index contributed by atoms with van der Waals surface area (Å²) in [5, 5.41) is 14.4. The first-order valence-electron chi connectivity index (χ1n) is 6.64. The van der Waals surface area contributed by atoms with E-state index in [2.05, 4.69) is 5.10 Å². The van der Waals surface area contributed by atoms with E-state index in [4.69, 9.17) is 5.73 Å². The predicted octanol–water partition coefficient (Wildman–Crippen LogP) is 0.980. The summed E-state index contributed by atoms with van der Waals surface area (Å²) in [6, 6.07) is 0. The van der Waals surface area contributed by atoms with Crippen LogP contribution < -0.4 is 5.73 Å². The number of nitrogens with zero attached hydrogens (tertiary/aromatic N) is 3. The van der Waals surface area contributed by atoms with Crippen LogP contribution in [-0.2, 0) is 7.05 Å². The molecule has 1 aliphatic heterocycles. The number of aryl methyl sites for hydroxylation is 2. The van der Waals surface area contributed by atoms with Gasteiger partial charge in [0.1, 0.15) is 9.71 Å². The molecule has 1 saturated heterocycles. The molecule has 0 aliphatic carbocycles. The van der Waals surface area contributed by atoms with E-state index in [0.29, 0.717) is 23.7 Å². The largest absolute Gasteiger partial charge is 0.397 e. The van der Waals surface area contributed by atoms with Gasteiger partial charge in [0.2, 0.25) is 0 Å². The third-order valence-corrected chi connectivity index (χ3v) is 5.17. The molecule has 3 rings (SSSR count). The summed E-state index contributed by atoms with van der Waals surface area (Å²) in [7, 11) is 1.86. The number of aliphatic hydroxyl groups is 1. The first-order chi connectivity index (χ1) is 9.52. The minimum Gasteiger partial charge on any atom is -0.397 e. The van der Waals surface area contributed by atoms with Crippen molar-refractivity contribution in [2.24, 2.45) is 13.0 Å². The van der Waals surface area contributed by atoms with Gasteiger partial charge in [0.25, 0.3) is 5.91 Å². The Balaban J connectivity index is 1.96. The normalized spacial score (nSPS) is 19.1. The standard InChI is InChI=1S/C13H18N4O2S/c1-7-9-10(14)11(20-13(9)16(2)15-7)12(19)17-4-3-8(5-17)6-18/h8,18H,3-6,14H2,1-2H3. The Hall–Kier alpha value is -1.60. The zero-order chi connectivity index (χ0) is 14.4. The Bertz CT molecular complexity index is 676. The van der Waals surface area contributed by atoms with Crippen LogP contribution in [0, 0.1) is 12.8 Å². The fraction of sp³-hybridized carbons (Fsp3) is 0.538. The number of fused-ring (bicyclic) bond motifs is 1. The summed E-state index contributed by atoms with van der Waals surface area (Å²) in [5.41, 5.74) is 7.54. The fourth-order valence-corrected chi connectivity index (χ4v) is 3.95. The van der Waals surface area contributed by atoms with E-state index in [1.165, 1.54) is 11.3 Å². The predicted molar refractivity (Wildman–Crippen MR) is 78.8 cm³/mol. The van der Waals surface area contributed by atoms with Gasteiger partial charge in [-0.05, 0) is 13.3 Å². The molecule has 0 aromatic carbocycles. The van der Waals surface area contributed by atoms with Crippen LogP contribution >= 0.6 is 11.3 Å². The maximum atomic E-state index is 12.6. The van der Waals surface area contributed by atoms with Gasteiger partial charge in [-0.2, -0.15) is 5.10 Å². The molecule has 2 aromatic heterocycles. The van der Waals surface area contributed by atoms with Crippen LogP contribution in [0.3, 0.4) is 0 Å². The van der Waals surface area contributed by atoms with Crippen molar-refractivity contribution >= 4 is 33.1 Å². The number of thiophene rings is 1. The summed E-state index contributed by atoms with van der Waals surface area (Å²) in [6.07, 6.45) is 0.855. The molecule has 1 amide bonds. The average molecular weight is 294 g/mol. The maximum absolute atomic E-state index is 12.6. The Morgan fingerprint density at radius 2 is 2.35 bits per heavy atom. The number of aromatic nitrogens is 2. The molecular weight excluding hydrogens is 276 g/mol. The number of nitrogens with two attached hydrogens (primary N) is 1. The zero-order valence-corrected chi connectivity index (χ0v) is 12.4. The van der Waals surface area contributed by atoms with Gasteiger partial charge in [-0.25, -0.2) is 0 Å². The molecule has 1 aliphatic rings. The number of hydrogen-bond acceptors (Lipinski definition) is 5. The highest BCUT2D eigenvalue weighted by Gasteiger charge is 2.30. The van der Waals surface area contributed by atoms with E-state index in [0.717, 1.165) is 22.3 Å². The van der Waals surface area contributed by atoms with Gasteiger partial charge in [-0.3, -0.25) is 9.48 Å². The molecule has 3 heterocycles. The van der Waals surface area contributed by atoms with Crippen molar-refractivity contribution in [2.75, 3.05) is 25.4 Å². The van der Waals surface area contributed by atoms with Crippen LogP contribution in [0.5, 0.6) is 0 Å². The number of rotatable bonds is 2. The van der Waals surface area contributed by atoms with E-state index in [1.54, 1.807) is 9.58 Å². The summed E-state index contributed by atoms with van der Waals surface area (Å²) < 4.78 is 1.77. The topological polar surface area (TPSA) is 84.4 Å². The molecule has 0 radical (unpaired) electrons. The average Bonchev–Trinajstić information content (AvgIpc) is 3.07. The SMILES string of the molecule is Cc1nn(C)c2sc(C(=O)N3CCC(CO)C3)c(N)c12.